The standard InChI is InChI=1S/C25H32N4O5S/c1-25(2,18-9-11-19(33-3)12-10-18)14-22(30)29-13-5-6-17(15-29)16-34-21-8-4-7-20-23(21)24(26)28-35(31,32)27-20/h4,7-12,17,27H,5-6,13-16H2,1-3H3,(H2,26,28)/t17-/m0/s1. The number of methoxy groups -OCH3 is 1. The SMILES string of the molecule is COc1ccc(C(C)(C)CC(=O)N2CCC[C@H](COc3cccc4c3C(N)=NS(=O)(=O)N4)C2)cc1. The van der Waals surface area contributed by atoms with E-state index in [1.54, 1.807) is 25.3 Å². The Bertz CT molecular complexity index is 1220. The first-order valence-electron chi connectivity index (χ1n) is 11.6. The van der Waals surface area contributed by atoms with Gasteiger partial charge in [-0.25, -0.2) is 0 Å². The van der Waals surface area contributed by atoms with Gasteiger partial charge in [0.15, 0.2) is 5.84 Å². The lowest BCUT2D eigenvalue weighted by Crippen LogP contribution is -2.43. The molecule has 2 aromatic carbocycles. The van der Waals surface area contributed by atoms with E-state index in [-0.39, 0.29) is 23.1 Å². The molecule has 4 rings (SSSR count). The molecule has 0 spiro atoms. The Balaban J connectivity index is 1.38. The number of hydrogen-bond acceptors (Lipinski definition) is 6. The molecule has 2 heterocycles. The van der Waals surface area contributed by atoms with Crippen LogP contribution in [-0.4, -0.2) is 51.9 Å². The molecule has 1 amide bonds. The summed E-state index contributed by atoms with van der Waals surface area (Å²) in [4.78, 5) is 15.1. The first-order chi connectivity index (χ1) is 16.6. The van der Waals surface area contributed by atoms with Crippen molar-refractivity contribution in [1.29, 1.82) is 0 Å². The predicted molar refractivity (Wildman–Crippen MR) is 135 cm³/mol. The largest absolute Gasteiger partial charge is 0.497 e. The maximum absolute atomic E-state index is 13.2. The van der Waals surface area contributed by atoms with Crippen LogP contribution in [0.4, 0.5) is 5.69 Å². The van der Waals surface area contributed by atoms with Gasteiger partial charge in [-0.2, -0.15) is 8.42 Å². The van der Waals surface area contributed by atoms with Gasteiger partial charge in [0, 0.05) is 25.4 Å². The molecule has 2 aliphatic rings. The molecule has 1 fully saturated rings. The first-order valence-corrected chi connectivity index (χ1v) is 13.1. The van der Waals surface area contributed by atoms with Gasteiger partial charge in [-0.15, -0.1) is 4.40 Å². The van der Waals surface area contributed by atoms with Crippen LogP contribution in [0.1, 0.15) is 44.2 Å². The van der Waals surface area contributed by atoms with Crippen molar-refractivity contribution in [1.82, 2.24) is 4.90 Å². The third-order valence-corrected chi connectivity index (χ3v) is 7.47. The van der Waals surface area contributed by atoms with E-state index in [4.69, 9.17) is 15.2 Å². The summed E-state index contributed by atoms with van der Waals surface area (Å²) in [6.07, 6.45) is 2.25. The van der Waals surface area contributed by atoms with E-state index in [0.29, 0.717) is 36.6 Å². The molecule has 35 heavy (non-hydrogen) atoms. The number of carbonyl (C=O) groups is 1. The Morgan fingerprint density at radius 2 is 1.97 bits per heavy atom. The molecular formula is C25H32N4O5S. The van der Waals surface area contributed by atoms with Crippen LogP contribution in [0.5, 0.6) is 11.5 Å². The summed E-state index contributed by atoms with van der Waals surface area (Å²) in [5.41, 5.74) is 7.47. The quantitative estimate of drug-likeness (QED) is 0.602. The first kappa shape index (κ1) is 24.8. The van der Waals surface area contributed by atoms with E-state index in [0.717, 1.165) is 30.7 Å². The zero-order chi connectivity index (χ0) is 25.2. The van der Waals surface area contributed by atoms with Gasteiger partial charge in [0.2, 0.25) is 5.91 Å². The second kappa shape index (κ2) is 9.77. The van der Waals surface area contributed by atoms with Gasteiger partial charge in [0.25, 0.3) is 0 Å². The predicted octanol–water partition coefficient (Wildman–Crippen LogP) is 3.06. The van der Waals surface area contributed by atoms with Crippen LogP contribution >= 0.6 is 0 Å². The van der Waals surface area contributed by atoms with Crippen molar-refractivity contribution in [2.75, 3.05) is 31.5 Å². The van der Waals surface area contributed by atoms with Gasteiger partial charge in [0.05, 0.1) is 25.0 Å². The highest BCUT2D eigenvalue weighted by Crippen LogP contribution is 2.32. The van der Waals surface area contributed by atoms with Crippen molar-refractivity contribution >= 4 is 27.6 Å². The fourth-order valence-corrected chi connectivity index (χ4v) is 5.45. The second-order valence-corrected chi connectivity index (χ2v) is 11.0. The average Bonchev–Trinajstić information content (AvgIpc) is 2.81. The minimum Gasteiger partial charge on any atom is -0.497 e. The third-order valence-electron chi connectivity index (χ3n) is 6.55. The minimum atomic E-state index is -3.85. The van der Waals surface area contributed by atoms with Crippen LogP contribution in [-0.2, 0) is 20.4 Å². The number of benzene rings is 2. The lowest BCUT2D eigenvalue weighted by atomic mass is 9.81. The van der Waals surface area contributed by atoms with E-state index in [2.05, 4.69) is 23.0 Å². The number of likely N-dealkylation sites (tertiary alicyclic amines) is 1. The van der Waals surface area contributed by atoms with Crippen LogP contribution in [0.25, 0.3) is 0 Å². The fourth-order valence-electron chi connectivity index (χ4n) is 4.61. The van der Waals surface area contributed by atoms with Gasteiger partial charge in [-0.3, -0.25) is 9.52 Å². The average molecular weight is 501 g/mol. The van der Waals surface area contributed by atoms with Crippen LogP contribution in [0.15, 0.2) is 46.9 Å². The highest BCUT2D eigenvalue weighted by atomic mass is 32.2. The van der Waals surface area contributed by atoms with E-state index in [1.807, 2.05) is 29.2 Å². The van der Waals surface area contributed by atoms with Gasteiger partial charge in [0.1, 0.15) is 11.5 Å². The van der Waals surface area contributed by atoms with Gasteiger partial charge in [-0.1, -0.05) is 32.0 Å². The Morgan fingerprint density at radius 1 is 1.23 bits per heavy atom. The smallest absolute Gasteiger partial charge is 0.344 e. The van der Waals surface area contributed by atoms with Crippen LogP contribution in [0.2, 0.25) is 0 Å². The van der Waals surface area contributed by atoms with Gasteiger partial charge in [-0.05, 0) is 48.1 Å². The Kier molecular flexibility index (Phi) is 6.93. The number of nitrogens with one attached hydrogen (secondary N) is 1. The molecule has 0 aliphatic carbocycles. The maximum atomic E-state index is 13.2. The Labute approximate surface area is 206 Å². The summed E-state index contributed by atoms with van der Waals surface area (Å²) >= 11 is 0. The number of rotatable bonds is 7. The van der Waals surface area contributed by atoms with E-state index < -0.39 is 10.2 Å². The summed E-state index contributed by atoms with van der Waals surface area (Å²) in [5, 5.41) is 0. The van der Waals surface area contributed by atoms with Gasteiger partial charge >= 0.3 is 10.2 Å². The molecule has 9 nitrogen and oxygen atoms in total. The normalized spacial score (nSPS) is 19.2. The molecule has 0 unspecified atom stereocenters. The zero-order valence-electron chi connectivity index (χ0n) is 20.3. The lowest BCUT2D eigenvalue weighted by Gasteiger charge is -2.35. The summed E-state index contributed by atoms with van der Waals surface area (Å²) < 4.78 is 40.8. The molecule has 10 heteroatoms. The molecule has 2 aromatic rings. The summed E-state index contributed by atoms with van der Waals surface area (Å²) in [7, 11) is -2.21. The van der Waals surface area contributed by atoms with Crippen molar-refractivity contribution in [2.24, 2.45) is 16.0 Å². The van der Waals surface area contributed by atoms with Crippen molar-refractivity contribution in [3.8, 4) is 11.5 Å². The number of anilines is 1. The number of piperidine rings is 1. The third kappa shape index (κ3) is 5.70. The molecule has 1 atom stereocenters. The molecule has 0 aromatic heterocycles. The van der Waals surface area contributed by atoms with Crippen molar-refractivity contribution in [3.05, 3.63) is 53.6 Å². The topological polar surface area (TPSA) is 123 Å². The Hall–Kier alpha value is -3.27. The molecule has 2 aliphatic heterocycles. The number of nitrogens with two attached hydrogens (primary N) is 1. The Morgan fingerprint density at radius 3 is 2.69 bits per heavy atom. The summed E-state index contributed by atoms with van der Waals surface area (Å²) in [6.45, 7) is 5.90. The number of amides is 1. The molecule has 0 radical (unpaired) electrons. The number of nitrogens with zero attached hydrogens (tertiary/aromatic N) is 2. The monoisotopic (exact) mass is 500 g/mol. The fraction of sp³-hybridized carbons (Fsp3) is 0.440. The highest BCUT2D eigenvalue weighted by molar-refractivity contribution is 7.91. The molecule has 188 valence electrons. The number of amidine groups is 1. The zero-order valence-corrected chi connectivity index (χ0v) is 21.1. The van der Waals surface area contributed by atoms with E-state index >= 15 is 0 Å². The number of carbonyl (C=O) groups excluding carboxylic acids is 1. The second-order valence-electron chi connectivity index (χ2n) is 9.68. The maximum Gasteiger partial charge on any atom is 0.344 e. The number of ether oxygens (including phenoxy) is 2. The summed E-state index contributed by atoms with van der Waals surface area (Å²) in [6, 6.07) is 12.9. The van der Waals surface area contributed by atoms with Crippen molar-refractivity contribution in [3.63, 3.8) is 0 Å². The van der Waals surface area contributed by atoms with E-state index in [1.165, 1.54) is 0 Å². The number of hydrogen-bond donors (Lipinski definition) is 2. The highest BCUT2D eigenvalue weighted by Gasteiger charge is 2.31. The van der Waals surface area contributed by atoms with E-state index in [9.17, 15) is 13.2 Å². The van der Waals surface area contributed by atoms with Crippen LogP contribution < -0.4 is 19.9 Å². The van der Waals surface area contributed by atoms with Gasteiger partial charge < -0.3 is 20.1 Å². The molecule has 1 saturated heterocycles. The van der Waals surface area contributed by atoms with Crippen LogP contribution in [0.3, 0.4) is 0 Å². The lowest BCUT2D eigenvalue weighted by molar-refractivity contribution is -0.134. The number of fused-ring (bicyclic) bond motifs is 1. The molecule has 0 saturated carbocycles. The minimum absolute atomic E-state index is 0.101. The van der Waals surface area contributed by atoms with Crippen molar-refractivity contribution in [2.45, 2.75) is 38.5 Å². The molecular weight excluding hydrogens is 468 g/mol. The van der Waals surface area contributed by atoms with Crippen molar-refractivity contribution < 1.29 is 22.7 Å². The molecule has 3 N–H and O–H groups in total. The van der Waals surface area contributed by atoms with Crippen LogP contribution in [0, 0.1) is 5.92 Å². The molecule has 0 bridgehead atoms. The summed E-state index contributed by atoms with van der Waals surface area (Å²) in [5.74, 6) is 1.44.